The van der Waals surface area contributed by atoms with Gasteiger partial charge in [-0.05, 0) is 66.7 Å². The van der Waals surface area contributed by atoms with Crippen LogP contribution >= 0.6 is 0 Å². The van der Waals surface area contributed by atoms with Crippen LogP contribution in [0.15, 0.2) is 89.7 Å². The molecule has 8 heteroatoms. The van der Waals surface area contributed by atoms with Crippen molar-refractivity contribution in [3.8, 4) is 17.4 Å². The number of aromatic nitrogens is 1. The SMILES string of the molecule is COc1ccc(Oc2ncccc2NC(=O)c2cccc(NC(=O)c3ccco3)c2)cc1. The molecular formula is C24H19N3O5. The van der Waals surface area contributed by atoms with E-state index < -0.39 is 5.91 Å². The number of nitrogens with one attached hydrogen (secondary N) is 2. The van der Waals surface area contributed by atoms with Gasteiger partial charge in [0.1, 0.15) is 17.2 Å². The number of rotatable bonds is 7. The molecule has 0 aliphatic heterocycles. The van der Waals surface area contributed by atoms with Crippen molar-refractivity contribution in [1.29, 1.82) is 0 Å². The van der Waals surface area contributed by atoms with E-state index in [1.165, 1.54) is 6.26 Å². The third-order valence-electron chi connectivity index (χ3n) is 4.42. The number of furan rings is 1. The van der Waals surface area contributed by atoms with E-state index in [-0.39, 0.29) is 17.5 Å². The zero-order valence-corrected chi connectivity index (χ0v) is 17.1. The van der Waals surface area contributed by atoms with E-state index in [9.17, 15) is 9.59 Å². The van der Waals surface area contributed by atoms with Crippen molar-refractivity contribution in [3.05, 3.63) is 96.6 Å². The van der Waals surface area contributed by atoms with Gasteiger partial charge in [0.05, 0.1) is 13.4 Å². The fraction of sp³-hybridized carbons (Fsp3) is 0.0417. The Bertz CT molecular complexity index is 1220. The summed E-state index contributed by atoms with van der Waals surface area (Å²) in [5, 5.41) is 5.49. The number of carbonyl (C=O) groups excluding carboxylic acids is 2. The summed E-state index contributed by atoms with van der Waals surface area (Å²) >= 11 is 0. The molecule has 8 nitrogen and oxygen atoms in total. The van der Waals surface area contributed by atoms with E-state index in [1.807, 2.05) is 0 Å². The Balaban J connectivity index is 1.47. The molecule has 2 N–H and O–H groups in total. The number of hydrogen-bond donors (Lipinski definition) is 2. The van der Waals surface area contributed by atoms with Crippen molar-refractivity contribution in [3.63, 3.8) is 0 Å². The average Bonchev–Trinajstić information content (AvgIpc) is 3.36. The Morgan fingerprint density at radius 2 is 1.69 bits per heavy atom. The molecule has 0 unspecified atom stereocenters. The molecule has 0 aliphatic carbocycles. The first kappa shape index (κ1) is 20.7. The summed E-state index contributed by atoms with van der Waals surface area (Å²) in [6.45, 7) is 0. The Hall–Kier alpha value is -4.59. The van der Waals surface area contributed by atoms with Crippen LogP contribution in [0.4, 0.5) is 11.4 Å². The van der Waals surface area contributed by atoms with Crippen molar-refractivity contribution < 1.29 is 23.5 Å². The molecule has 2 amide bonds. The van der Waals surface area contributed by atoms with Gasteiger partial charge in [-0.15, -0.1) is 0 Å². The summed E-state index contributed by atoms with van der Waals surface area (Å²) in [7, 11) is 1.58. The van der Waals surface area contributed by atoms with Crippen LogP contribution in [0.25, 0.3) is 0 Å². The fourth-order valence-electron chi connectivity index (χ4n) is 2.86. The molecule has 32 heavy (non-hydrogen) atoms. The Kier molecular flexibility index (Phi) is 6.12. The summed E-state index contributed by atoms with van der Waals surface area (Å²) in [4.78, 5) is 29.2. The van der Waals surface area contributed by atoms with Crippen LogP contribution in [-0.4, -0.2) is 23.9 Å². The maximum atomic E-state index is 12.8. The maximum absolute atomic E-state index is 12.8. The smallest absolute Gasteiger partial charge is 0.291 e. The monoisotopic (exact) mass is 429 g/mol. The van der Waals surface area contributed by atoms with Crippen LogP contribution in [0.5, 0.6) is 17.4 Å². The van der Waals surface area contributed by atoms with E-state index in [2.05, 4.69) is 15.6 Å². The number of methoxy groups -OCH3 is 1. The fourth-order valence-corrected chi connectivity index (χ4v) is 2.86. The van der Waals surface area contributed by atoms with Crippen LogP contribution in [0.3, 0.4) is 0 Å². The number of carbonyl (C=O) groups is 2. The minimum atomic E-state index is -0.407. The summed E-state index contributed by atoms with van der Waals surface area (Å²) in [5.41, 5.74) is 1.21. The lowest BCUT2D eigenvalue weighted by molar-refractivity contribution is 0.0993. The number of amides is 2. The lowest BCUT2D eigenvalue weighted by Gasteiger charge is -2.12. The molecule has 0 aliphatic rings. The number of benzene rings is 2. The molecule has 2 aromatic heterocycles. The second-order valence-electron chi connectivity index (χ2n) is 6.60. The molecule has 0 spiro atoms. The van der Waals surface area contributed by atoms with Gasteiger partial charge in [0.25, 0.3) is 11.8 Å². The van der Waals surface area contributed by atoms with E-state index in [0.717, 1.165) is 0 Å². The van der Waals surface area contributed by atoms with Gasteiger partial charge in [0, 0.05) is 17.4 Å². The molecule has 0 saturated carbocycles. The molecule has 2 aromatic carbocycles. The third-order valence-corrected chi connectivity index (χ3v) is 4.42. The minimum Gasteiger partial charge on any atom is -0.497 e. The molecule has 0 radical (unpaired) electrons. The molecule has 0 fully saturated rings. The predicted molar refractivity (Wildman–Crippen MR) is 118 cm³/mol. The third kappa shape index (κ3) is 4.93. The number of nitrogens with zero attached hydrogens (tertiary/aromatic N) is 1. The van der Waals surface area contributed by atoms with Crippen molar-refractivity contribution in [2.75, 3.05) is 17.7 Å². The van der Waals surface area contributed by atoms with Gasteiger partial charge in [0.2, 0.25) is 5.88 Å². The van der Waals surface area contributed by atoms with Crippen molar-refractivity contribution >= 4 is 23.2 Å². The zero-order valence-electron chi connectivity index (χ0n) is 17.1. The number of pyridine rings is 1. The molecule has 4 aromatic rings. The first-order valence-corrected chi connectivity index (χ1v) is 9.65. The summed E-state index contributed by atoms with van der Waals surface area (Å²) in [5.74, 6) is 0.874. The van der Waals surface area contributed by atoms with Crippen LogP contribution in [-0.2, 0) is 0 Å². The van der Waals surface area contributed by atoms with E-state index in [4.69, 9.17) is 13.9 Å². The largest absolute Gasteiger partial charge is 0.497 e. The van der Waals surface area contributed by atoms with Gasteiger partial charge in [-0.3, -0.25) is 9.59 Å². The summed E-state index contributed by atoms with van der Waals surface area (Å²) < 4.78 is 16.0. The second-order valence-corrected chi connectivity index (χ2v) is 6.60. The van der Waals surface area contributed by atoms with Crippen LogP contribution in [0, 0.1) is 0 Å². The highest BCUT2D eigenvalue weighted by Gasteiger charge is 2.14. The van der Waals surface area contributed by atoms with Gasteiger partial charge >= 0.3 is 0 Å². The van der Waals surface area contributed by atoms with Crippen LogP contribution in [0.2, 0.25) is 0 Å². The first-order chi connectivity index (χ1) is 15.6. The predicted octanol–water partition coefficient (Wildman–Crippen LogP) is 4.98. The van der Waals surface area contributed by atoms with Gasteiger partial charge in [0.15, 0.2) is 5.76 Å². The number of ether oxygens (including phenoxy) is 2. The highest BCUT2D eigenvalue weighted by atomic mass is 16.5. The molecule has 0 saturated heterocycles. The standard InChI is InChI=1S/C24H19N3O5/c1-30-18-9-11-19(12-10-18)32-24-20(7-3-13-25-24)27-22(28)16-5-2-6-17(15-16)26-23(29)21-8-4-14-31-21/h2-15H,1H3,(H,26,29)(H,27,28). The first-order valence-electron chi connectivity index (χ1n) is 9.65. The highest BCUT2D eigenvalue weighted by molar-refractivity contribution is 6.07. The lowest BCUT2D eigenvalue weighted by Crippen LogP contribution is -2.15. The van der Waals surface area contributed by atoms with Crippen LogP contribution in [0.1, 0.15) is 20.9 Å². The molecule has 4 rings (SSSR count). The lowest BCUT2D eigenvalue weighted by atomic mass is 10.2. The zero-order chi connectivity index (χ0) is 22.3. The topological polar surface area (TPSA) is 103 Å². The van der Waals surface area contributed by atoms with E-state index in [1.54, 1.807) is 86.1 Å². The van der Waals surface area contributed by atoms with Crippen molar-refractivity contribution in [2.45, 2.75) is 0 Å². The highest BCUT2D eigenvalue weighted by Crippen LogP contribution is 2.28. The Morgan fingerprint density at radius 3 is 2.44 bits per heavy atom. The number of hydrogen-bond acceptors (Lipinski definition) is 6. The minimum absolute atomic E-state index is 0.176. The van der Waals surface area contributed by atoms with Gasteiger partial charge in [-0.25, -0.2) is 4.98 Å². The Morgan fingerprint density at radius 1 is 0.875 bits per heavy atom. The Labute approximate surface area is 183 Å². The van der Waals surface area contributed by atoms with E-state index in [0.29, 0.717) is 28.4 Å². The normalized spacial score (nSPS) is 10.3. The molecular weight excluding hydrogens is 410 g/mol. The van der Waals surface area contributed by atoms with Gasteiger partial charge < -0.3 is 24.5 Å². The van der Waals surface area contributed by atoms with Gasteiger partial charge in [-0.2, -0.15) is 0 Å². The second kappa shape index (κ2) is 9.48. The quantitative estimate of drug-likeness (QED) is 0.430. The average molecular weight is 429 g/mol. The van der Waals surface area contributed by atoms with Crippen molar-refractivity contribution in [2.24, 2.45) is 0 Å². The molecule has 0 bridgehead atoms. The summed E-state index contributed by atoms with van der Waals surface area (Å²) in [6.07, 6.45) is 2.98. The molecule has 2 heterocycles. The number of anilines is 2. The van der Waals surface area contributed by atoms with E-state index >= 15 is 0 Å². The van der Waals surface area contributed by atoms with Crippen molar-refractivity contribution in [1.82, 2.24) is 4.98 Å². The van der Waals surface area contributed by atoms with Crippen LogP contribution < -0.4 is 20.1 Å². The molecule has 0 atom stereocenters. The van der Waals surface area contributed by atoms with Gasteiger partial charge in [-0.1, -0.05) is 6.07 Å². The molecule has 160 valence electrons. The maximum Gasteiger partial charge on any atom is 0.291 e. The summed E-state index contributed by atoms with van der Waals surface area (Å²) in [6, 6.07) is 20.1.